The van der Waals surface area contributed by atoms with E-state index in [9.17, 15) is 14.7 Å². The molecule has 1 atom stereocenters. The fourth-order valence-corrected chi connectivity index (χ4v) is 4.40. The van der Waals surface area contributed by atoms with Gasteiger partial charge < -0.3 is 5.11 Å². The van der Waals surface area contributed by atoms with E-state index in [1.807, 2.05) is 6.82 Å². The maximum atomic E-state index is 13.0. The number of nitrogens with zero attached hydrogens (tertiary/aromatic N) is 3. The van der Waals surface area contributed by atoms with Crippen molar-refractivity contribution in [1.82, 2.24) is 9.34 Å². The number of nitro benzene ring substituents is 1. The van der Waals surface area contributed by atoms with Gasteiger partial charge in [-0.2, -0.15) is 0 Å². The van der Waals surface area contributed by atoms with Gasteiger partial charge in [0.15, 0.2) is 0 Å². The van der Waals surface area contributed by atoms with Crippen LogP contribution in [0.25, 0.3) is 0 Å². The van der Waals surface area contributed by atoms with Gasteiger partial charge in [-0.1, -0.05) is 0 Å². The summed E-state index contributed by atoms with van der Waals surface area (Å²) in [5.74, 6) is 0. The van der Waals surface area contributed by atoms with E-state index in [-0.39, 0.29) is 12.3 Å². The van der Waals surface area contributed by atoms with Crippen molar-refractivity contribution in [3.63, 3.8) is 0 Å². The minimum absolute atomic E-state index is 0.0330. The third kappa shape index (κ3) is 4.75. The summed E-state index contributed by atoms with van der Waals surface area (Å²) < 4.78 is 29.3. The molecule has 3 rings (SSSR count). The second-order valence-electron chi connectivity index (χ2n) is 5.24. The van der Waals surface area contributed by atoms with Crippen LogP contribution in [0, 0.1) is 10.1 Å². The van der Waals surface area contributed by atoms with Gasteiger partial charge in [-0.25, -0.2) is 9.34 Å². The zero-order valence-corrected chi connectivity index (χ0v) is 14.9. The van der Waals surface area contributed by atoms with Crippen molar-refractivity contribution in [2.75, 3.05) is 32.8 Å². The van der Waals surface area contributed by atoms with Crippen LogP contribution in [0.4, 0.5) is 5.69 Å². The maximum Gasteiger partial charge on any atom is 0.346 e. The molecule has 2 aliphatic rings. The molecule has 11 heteroatoms. The summed E-state index contributed by atoms with van der Waals surface area (Å²) in [5, 5.41) is 15.1. The van der Waals surface area contributed by atoms with Crippen LogP contribution in [0.3, 0.4) is 0 Å². The summed E-state index contributed by atoms with van der Waals surface area (Å²) >= 11 is 4.27. The average Bonchev–Trinajstić information content (AvgIpc) is 3.47. The Bertz CT molecular complexity index is 644. The van der Waals surface area contributed by atoms with Crippen molar-refractivity contribution < 1.29 is 19.1 Å². The topological polar surface area (TPSA) is 95.7 Å². The van der Waals surface area contributed by atoms with Gasteiger partial charge in [0.1, 0.15) is 6.10 Å². The number of non-ortho nitro benzene ring substituents is 1. The predicted octanol–water partition coefficient (Wildman–Crippen LogP) is 2.24. The monoisotopic (exact) mass is 373 g/mol. The molecule has 0 spiro atoms. The van der Waals surface area contributed by atoms with E-state index >= 15 is 0 Å². The van der Waals surface area contributed by atoms with Gasteiger partial charge in [-0.05, 0) is 17.7 Å². The Labute approximate surface area is 147 Å². The zero-order chi connectivity index (χ0) is 18.4. The first kappa shape index (κ1) is 17.8. The Morgan fingerprint density at radius 2 is 1.92 bits per heavy atom. The molecule has 24 heavy (non-hydrogen) atoms. The summed E-state index contributed by atoms with van der Waals surface area (Å²) in [6.45, 7) is 4.62. The molecule has 0 aromatic heterocycles. The van der Waals surface area contributed by atoms with Crippen LogP contribution in [-0.2, 0) is 9.09 Å². The minimum atomic E-state index is -3.05. The zero-order valence-electron chi connectivity index (χ0n) is 14.2. The number of nitro groups is 1. The summed E-state index contributed by atoms with van der Waals surface area (Å²) in [7, 11) is -3.05. The summed E-state index contributed by atoms with van der Waals surface area (Å²) in [6, 6.07) is 5.79. The maximum absolute atomic E-state index is 13.0. The quantitative estimate of drug-likeness (QED) is 0.244. The number of aliphatic hydroxyl groups is 1. The molecule has 1 unspecified atom stereocenters. The minimum Gasteiger partial charge on any atom is -0.393 e. The van der Waals surface area contributed by atoms with Gasteiger partial charge in [0.25, 0.3) is 5.69 Å². The van der Waals surface area contributed by atoms with E-state index in [1.165, 1.54) is 24.3 Å². The van der Waals surface area contributed by atoms with Gasteiger partial charge in [0.2, 0.25) is 1.43 Å². The number of aliphatic hydroxyl groups excluding tert-OH is 1. The average molecular weight is 373 g/mol. The largest absolute Gasteiger partial charge is 0.393 e. The van der Waals surface area contributed by atoms with E-state index in [2.05, 4.69) is 17.2 Å². The van der Waals surface area contributed by atoms with Gasteiger partial charge in [0.05, 0.1) is 11.5 Å². The summed E-state index contributed by atoms with van der Waals surface area (Å²) in [6.07, 6.45) is 0.880. The van der Waals surface area contributed by atoms with Crippen LogP contribution < -0.4 is 0 Å². The van der Waals surface area contributed by atoms with Crippen LogP contribution in [0.5, 0.6) is 0 Å². The van der Waals surface area contributed by atoms with Crippen molar-refractivity contribution in [3.05, 3.63) is 39.9 Å². The van der Waals surface area contributed by atoms with Crippen molar-refractivity contribution >= 4 is 31.6 Å². The van der Waals surface area contributed by atoms with Crippen molar-refractivity contribution in [2.24, 2.45) is 0 Å². The smallest absolute Gasteiger partial charge is 0.346 e. The molecule has 0 aliphatic carbocycles. The molecular formula is C13H19BN3O5PS. The van der Waals surface area contributed by atoms with Crippen LogP contribution in [0.15, 0.2) is 24.3 Å². The first-order valence-corrected chi connectivity index (χ1v) is 9.48. The molecule has 1 aromatic rings. The van der Waals surface area contributed by atoms with E-state index in [0.29, 0.717) is 5.56 Å². The van der Waals surface area contributed by atoms with Crippen LogP contribution >= 0.6 is 19.7 Å². The molecule has 130 valence electrons. The first-order valence-electron chi connectivity index (χ1n) is 7.88. The Hall–Kier alpha value is -1.03. The van der Waals surface area contributed by atoms with Crippen LogP contribution in [0.1, 0.15) is 11.7 Å². The third-order valence-electron chi connectivity index (χ3n) is 3.45. The molecule has 2 aliphatic heterocycles. The van der Waals surface area contributed by atoms with Gasteiger partial charge >= 0.3 is 32.7 Å². The number of rotatable bonds is 8. The van der Waals surface area contributed by atoms with Crippen LogP contribution in [0.2, 0.25) is 6.82 Å². The van der Waals surface area contributed by atoms with E-state index in [1.54, 1.807) is 15.5 Å². The van der Waals surface area contributed by atoms with E-state index < -0.39 is 18.7 Å². The van der Waals surface area contributed by atoms with Crippen LogP contribution in [-0.4, -0.2) is 59.7 Å². The fourth-order valence-electron chi connectivity index (χ4n) is 2.07. The number of benzene rings is 1. The Morgan fingerprint density at radius 1 is 1.42 bits per heavy atom. The Kier molecular flexibility index (Phi) is 6.21. The summed E-state index contributed by atoms with van der Waals surface area (Å²) in [5.41, 5.74) is 0.566. The summed E-state index contributed by atoms with van der Waals surface area (Å²) in [4.78, 5) is 10.2. The molecule has 8 nitrogen and oxygen atoms in total. The SMILES string of the molecule is CB=S.[3H]OCC(OP(=O)(N1CC1)N1CC1)c1ccc([N+](=O)[O-])cc1. The Morgan fingerprint density at radius 3 is 2.29 bits per heavy atom. The fraction of sp³-hybridized carbons (Fsp3) is 0.538. The van der Waals surface area contributed by atoms with Crippen molar-refractivity contribution in [2.45, 2.75) is 12.9 Å². The van der Waals surface area contributed by atoms with E-state index in [4.69, 9.17) is 5.95 Å². The molecule has 0 radical (unpaired) electrons. The predicted molar refractivity (Wildman–Crippen MR) is 94.0 cm³/mol. The van der Waals surface area contributed by atoms with Gasteiger partial charge in [-0.15, -0.1) is 0 Å². The number of hydrogen-bond donors (Lipinski definition) is 1. The Balaban J connectivity index is 0.000000701. The molecule has 0 amide bonds. The van der Waals surface area contributed by atoms with Gasteiger partial charge in [-0.3, -0.25) is 19.2 Å². The number of hydrogen-bond acceptors (Lipinski definition) is 6. The molecule has 0 saturated carbocycles. The second-order valence-corrected chi connectivity index (χ2v) is 8.04. The molecular weight excluding hydrogens is 352 g/mol. The second kappa shape index (κ2) is 8.38. The first-order chi connectivity index (χ1) is 12.0. The van der Waals surface area contributed by atoms with Crippen molar-refractivity contribution in [1.29, 1.82) is 1.43 Å². The molecule has 2 fully saturated rings. The normalized spacial score (nSPS) is 18.6. The third-order valence-corrected chi connectivity index (χ3v) is 6.21. The van der Waals surface area contributed by atoms with Gasteiger partial charge in [0, 0.05) is 38.3 Å². The molecule has 2 saturated heterocycles. The molecule has 1 aromatic carbocycles. The van der Waals surface area contributed by atoms with Crippen molar-refractivity contribution in [3.8, 4) is 0 Å². The van der Waals surface area contributed by atoms with E-state index in [0.717, 1.165) is 26.2 Å². The molecule has 0 bridgehead atoms. The molecule has 1 N–H and O–H groups in total. The standard InChI is InChI=1S/C12H16N3O5P.CH3BS/c16-9-12(10-1-3-11(4-2-10)15(17)18)20-21(19,13-5-6-13)14-7-8-14;1-2-3/h1-4,12,16H,5-9H2;1H3/i16T;. The molecule has 2 heterocycles.